The standard InChI is InChI=1S/C26H34O4/c1-25-21-11-7-12(16(10-28)15(11)9-27)22(21)26(25,2)24-14-8-13(23(24)25)19-17(29-3)5-6-18(30-4)20(14)19/h5-6,11-16,21-24,27-28H,7-10H2,1-4H3/t11-,12+,13+,14?,15+,16-,21?,22?,23?,24?,25-,26?/m1/s1. The first-order valence-corrected chi connectivity index (χ1v) is 11.9. The van der Waals surface area contributed by atoms with Crippen molar-refractivity contribution in [2.75, 3.05) is 27.4 Å². The van der Waals surface area contributed by atoms with Gasteiger partial charge in [-0.3, -0.25) is 0 Å². The summed E-state index contributed by atoms with van der Waals surface area (Å²) < 4.78 is 11.7. The molecule has 0 spiro atoms. The molecule has 4 nitrogen and oxygen atoms in total. The summed E-state index contributed by atoms with van der Waals surface area (Å²) in [5.41, 5.74) is 3.59. The van der Waals surface area contributed by atoms with E-state index in [1.165, 1.54) is 24.0 Å². The van der Waals surface area contributed by atoms with Crippen molar-refractivity contribution in [3.8, 4) is 11.5 Å². The first kappa shape index (κ1) is 18.3. The van der Waals surface area contributed by atoms with Gasteiger partial charge in [0, 0.05) is 24.3 Å². The maximum Gasteiger partial charge on any atom is 0.122 e. The number of hydrogen-bond donors (Lipinski definition) is 2. The van der Waals surface area contributed by atoms with Crippen molar-refractivity contribution < 1.29 is 19.7 Å². The van der Waals surface area contributed by atoms with E-state index >= 15 is 0 Å². The highest BCUT2D eigenvalue weighted by atomic mass is 16.5. The minimum Gasteiger partial charge on any atom is -0.496 e. The fourth-order valence-electron chi connectivity index (χ4n) is 11.5. The Hall–Kier alpha value is -1.26. The van der Waals surface area contributed by atoms with Gasteiger partial charge in [0.05, 0.1) is 14.2 Å². The second-order valence-electron chi connectivity index (χ2n) is 11.7. The first-order valence-electron chi connectivity index (χ1n) is 11.9. The second-order valence-corrected chi connectivity index (χ2v) is 11.7. The number of benzene rings is 1. The van der Waals surface area contributed by atoms with Gasteiger partial charge in [0.1, 0.15) is 11.5 Å². The van der Waals surface area contributed by atoms with Crippen LogP contribution >= 0.6 is 0 Å². The molecule has 6 aliphatic carbocycles. The third-order valence-corrected chi connectivity index (χ3v) is 12.0. The molecular weight excluding hydrogens is 376 g/mol. The number of rotatable bonds is 4. The summed E-state index contributed by atoms with van der Waals surface area (Å²) in [5, 5.41) is 20.3. The molecule has 0 radical (unpaired) electrons. The highest BCUT2D eigenvalue weighted by Gasteiger charge is 2.90. The monoisotopic (exact) mass is 410 g/mol. The van der Waals surface area contributed by atoms with Gasteiger partial charge in [0.25, 0.3) is 0 Å². The Bertz CT molecular complexity index is 870. The molecule has 7 rings (SSSR count). The van der Waals surface area contributed by atoms with Crippen molar-refractivity contribution in [2.45, 2.75) is 38.5 Å². The molecule has 4 heteroatoms. The largest absolute Gasteiger partial charge is 0.496 e. The van der Waals surface area contributed by atoms with Gasteiger partial charge in [-0.1, -0.05) is 13.8 Å². The summed E-state index contributed by atoms with van der Waals surface area (Å²) in [4.78, 5) is 0. The van der Waals surface area contributed by atoms with Gasteiger partial charge in [-0.2, -0.15) is 0 Å². The number of aliphatic hydroxyl groups excluding tert-OH is 2. The molecule has 1 aromatic rings. The lowest BCUT2D eigenvalue weighted by Gasteiger charge is -2.84. The van der Waals surface area contributed by atoms with E-state index in [1.54, 1.807) is 14.2 Å². The van der Waals surface area contributed by atoms with Crippen LogP contribution in [0, 0.1) is 58.2 Å². The fraction of sp³-hybridized carbons (Fsp3) is 0.769. The fourth-order valence-corrected chi connectivity index (χ4v) is 11.5. The molecule has 0 amide bonds. The van der Waals surface area contributed by atoms with Crippen LogP contribution < -0.4 is 9.47 Å². The third-order valence-electron chi connectivity index (χ3n) is 12.0. The molecule has 30 heavy (non-hydrogen) atoms. The SMILES string of the molecule is COc1ccc(OC)c2c1C1C[C@@H]2C2C1C1(C)C3C([C@@H]4C[C@H]3[C@@H](CO)[C@H]4CO)[C@]21C. The Morgan fingerprint density at radius 3 is 1.57 bits per heavy atom. The molecule has 0 aliphatic heterocycles. The summed E-state index contributed by atoms with van der Waals surface area (Å²) in [6.07, 6.45) is 2.47. The van der Waals surface area contributed by atoms with Crippen molar-refractivity contribution >= 4 is 0 Å². The van der Waals surface area contributed by atoms with Gasteiger partial charge >= 0.3 is 0 Å². The molecule has 0 saturated heterocycles. The minimum atomic E-state index is 0.246. The zero-order valence-corrected chi connectivity index (χ0v) is 18.5. The van der Waals surface area contributed by atoms with Gasteiger partial charge < -0.3 is 19.7 Å². The zero-order chi connectivity index (χ0) is 20.7. The molecule has 6 unspecified atom stereocenters. The summed E-state index contributed by atoms with van der Waals surface area (Å²) in [6.45, 7) is 5.67. The predicted octanol–water partition coefficient (Wildman–Crippen LogP) is 3.66. The highest BCUT2D eigenvalue weighted by Crippen LogP contribution is 2.95. The highest BCUT2D eigenvalue weighted by molar-refractivity contribution is 5.61. The first-order chi connectivity index (χ1) is 14.5. The molecule has 1 aromatic carbocycles. The lowest BCUT2D eigenvalue weighted by atomic mass is 9.19. The summed E-state index contributed by atoms with van der Waals surface area (Å²) >= 11 is 0. The van der Waals surface area contributed by atoms with Crippen molar-refractivity contribution in [1.29, 1.82) is 0 Å². The molecule has 162 valence electrons. The topological polar surface area (TPSA) is 58.9 Å². The van der Waals surface area contributed by atoms with Crippen LogP contribution in [-0.2, 0) is 0 Å². The molecule has 0 heterocycles. The second kappa shape index (κ2) is 5.38. The van der Waals surface area contributed by atoms with Crippen LogP contribution in [0.1, 0.15) is 49.7 Å². The molecular formula is C26H34O4. The van der Waals surface area contributed by atoms with E-state index in [0.717, 1.165) is 35.2 Å². The maximum absolute atomic E-state index is 10.1. The number of aliphatic hydroxyl groups is 2. The van der Waals surface area contributed by atoms with Crippen molar-refractivity contribution in [3.05, 3.63) is 23.3 Å². The van der Waals surface area contributed by atoms with Gasteiger partial charge in [-0.05, 0) is 95.0 Å². The minimum absolute atomic E-state index is 0.246. The lowest BCUT2D eigenvalue weighted by molar-refractivity contribution is -0.371. The van der Waals surface area contributed by atoms with Crippen LogP contribution in [0.25, 0.3) is 0 Å². The molecule has 5 saturated carbocycles. The molecule has 2 N–H and O–H groups in total. The van der Waals surface area contributed by atoms with E-state index in [2.05, 4.69) is 26.0 Å². The molecule has 12 atom stereocenters. The van der Waals surface area contributed by atoms with Crippen molar-refractivity contribution in [3.63, 3.8) is 0 Å². The normalized spacial score (nSPS) is 55.3. The van der Waals surface area contributed by atoms with E-state index < -0.39 is 0 Å². The number of methoxy groups -OCH3 is 2. The number of fused-ring (bicyclic) bond motifs is 18. The quantitative estimate of drug-likeness (QED) is 0.744. The van der Waals surface area contributed by atoms with Gasteiger partial charge in [0.2, 0.25) is 0 Å². The van der Waals surface area contributed by atoms with Gasteiger partial charge in [0.15, 0.2) is 0 Å². The molecule has 6 aliphatic rings. The molecule has 5 fully saturated rings. The smallest absolute Gasteiger partial charge is 0.122 e. The van der Waals surface area contributed by atoms with Crippen LogP contribution in [0.15, 0.2) is 12.1 Å². The Morgan fingerprint density at radius 1 is 0.767 bits per heavy atom. The number of hydrogen-bond acceptors (Lipinski definition) is 4. The number of ether oxygens (including phenoxy) is 2. The van der Waals surface area contributed by atoms with Crippen molar-refractivity contribution in [2.24, 2.45) is 58.2 Å². The van der Waals surface area contributed by atoms with E-state index in [1.807, 2.05) is 0 Å². The zero-order valence-electron chi connectivity index (χ0n) is 18.5. The van der Waals surface area contributed by atoms with Gasteiger partial charge in [-0.15, -0.1) is 0 Å². The Balaban J connectivity index is 1.35. The molecule has 0 aromatic heterocycles. The average Bonchev–Trinajstić information content (AvgIpc) is 3.51. The summed E-state index contributed by atoms with van der Waals surface area (Å²) in [5.74, 6) is 8.00. The summed E-state index contributed by atoms with van der Waals surface area (Å²) in [6, 6.07) is 4.20. The average molecular weight is 411 g/mol. The van der Waals surface area contributed by atoms with E-state index in [9.17, 15) is 10.2 Å². The Labute approximate surface area is 179 Å². The van der Waals surface area contributed by atoms with E-state index in [4.69, 9.17) is 9.47 Å². The Kier molecular flexibility index (Phi) is 3.28. The van der Waals surface area contributed by atoms with Crippen LogP contribution in [0.2, 0.25) is 0 Å². The van der Waals surface area contributed by atoms with E-state index in [0.29, 0.717) is 46.3 Å². The third kappa shape index (κ3) is 1.50. The van der Waals surface area contributed by atoms with Crippen LogP contribution in [0.3, 0.4) is 0 Å². The van der Waals surface area contributed by atoms with Gasteiger partial charge in [-0.25, -0.2) is 0 Å². The lowest BCUT2D eigenvalue weighted by Crippen LogP contribution is -2.81. The predicted molar refractivity (Wildman–Crippen MR) is 113 cm³/mol. The van der Waals surface area contributed by atoms with Crippen molar-refractivity contribution in [1.82, 2.24) is 0 Å². The van der Waals surface area contributed by atoms with Crippen LogP contribution in [-0.4, -0.2) is 37.6 Å². The summed E-state index contributed by atoms with van der Waals surface area (Å²) in [7, 11) is 3.60. The Morgan fingerprint density at radius 2 is 1.20 bits per heavy atom. The van der Waals surface area contributed by atoms with E-state index in [-0.39, 0.29) is 13.2 Å². The molecule has 4 bridgehead atoms. The maximum atomic E-state index is 10.1. The van der Waals surface area contributed by atoms with Crippen LogP contribution in [0.4, 0.5) is 0 Å². The van der Waals surface area contributed by atoms with Crippen LogP contribution in [0.5, 0.6) is 11.5 Å².